The molecule has 0 aliphatic carbocycles. The Labute approximate surface area is 195 Å². The van der Waals surface area contributed by atoms with Crippen LogP contribution in [0.4, 0.5) is 5.69 Å². The summed E-state index contributed by atoms with van der Waals surface area (Å²) in [5.74, 6) is 0.650. The number of benzene rings is 2. The Hall–Kier alpha value is -3.29. The van der Waals surface area contributed by atoms with Gasteiger partial charge in [0.05, 0.1) is 7.11 Å². The van der Waals surface area contributed by atoms with Crippen LogP contribution in [-0.2, 0) is 6.54 Å². The highest BCUT2D eigenvalue weighted by Gasteiger charge is 2.24. The minimum atomic E-state index is 0.0936. The molecule has 2 aromatic carbocycles. The molecule has 160 valence electrons. The van der Waals surface area contributed by atoms with E-state index in [-0.39, 0.29) is 5.91 Å². The second kappa shape index (κ2) is 8.68. The normalized spacial score (nSPS) is 12.7. The third kappa shape index (κ3) is 3.97. The van der Waals surface area contributed by atoms with Gasteiger partial charge in [-0.1, -0.05) is 24.3 Å². The molecule has 32 heavy (non-hydrogen) atoms. The van der Waals surface area contributed by atoms with Crippen molar-refractivity contribution in [2.45, 2.75) is 11.4 Å². The number of amides is 1. The van der Waals surface area contributed by atoms with E-state index in [0.717, 1.165) is 42.6 Å². The van der Waals surface area contributed by atoms with Crippen molar-refractivity contribution in [2.24, 2.45) is 0 Å². The molecule has 4 aromatic rings. The molecule has 5 rings (SSSR count). The van der Waals surface area contributed by atoms with E-state index in [1.54, 1.807) is 23.3 Å². The van der Waals surface area contributed by atoms with Gasteiger partial charge in [-0.25, -0.2) is 4.98 Å². The Morgan fingerprint density at radius 2 is 1.81 bits per heavy atom. The maximum Gasteiger partial charge on any atom is 0.254 e. The number of rotatable bonds is 6. The van der Waals surface area contributed by atoms with Crippen molar-refractivity contribution in [3.8, 4) is 26.8 Å². The molecule has 0 bridgehead atoms. The summed E-state index contributed by atoms with van der Waals surface area (Å²) < 4.78 is 8.81. The fourth-order valence-electron chi connectivity index (χ4n) is 3.69. The highest BCUT2D eigenvalue weighted by atomic mass is 32.2. The zero-order chi connectivity index (χ0) is 22.1. The summed E-state index contributed by atoms with van der Waals surface area (Å²) >= 11 is 3.23. The minimum Gasteiger partial charge on any atom is -0.480 e. The predicted molar refractivity (Wildman–Crippen MR) is 131 cm³/mol. The number of anilines is 1. The molecule has 0 saturated heterocycles. The molecule has 2 aromatic heterocycles. The van der Waals surface area contributed by atoms with Crippen molar-refractivity contribution >= 4 is 34.9 Å². The number of carbonyl (C=O) groups excluding carboxylic acids is 1. The lowest BCUT2D eigenvalue weighted by Crippen LogP contribution is -2.17. The third-order valence-electron chi connectivity index (χ3n) is 5.33. The van der Waals surface area contributed by atoms with E-state index in [9.17, 15) is 4.79 Å². The largest absolute Gasteiger partial charge is 0.480 e. The van der Waals surface area contributed by atoms with Gasteiger partial charge in [-0.05, 0) is 65.5 Å². The van der Waals surface area contributed by atoms with Gasteiger partial charge >= 0.3 is 0 Å². The first kappa shape index (κ1) is 20.6. The Morgan fingerprint density at radius 3 is 2.59 bits per heavy atom. The molecular weight excluding hydrogens is 438 g/mol. The molecule has 0 unspecified atom stereocenters. The first-order valence-electron chi connectivity index (χ1n) is 10.1. The number of pyridine rings is 1. The smallest absolute Gasteiger partial charge is 0.254 e. The van der Waals surface area contributed by atoms with Gasteiger partial charge in [0.25, 0.3) is 5.91 Å². The number of nitrogens with one attached hydrogen (secondary N) is 1. The summed E-state index contributed by atoms with van der Waals surface area (Å²) in [7, 11) is 3.46. The summed E-state index contributed by atoms with van der Waals surface area (Å²) in [4.78, 5) is 21.8. The van der Waals surface area contributed by atoms with Crippen LogP contribution in [0.15, 0.2) is 77.8 Å². The second-order valence-electron chi connectivity index (χ2n) is 7.50. The van der Waals surface area contributed by atoms with E-state index < -0.39 is 0 Å². The first-order chi connectivity index (χ1) is 15.6. The van der Waals surface area contributed by atoms with E-state index in [4.69, 9.17) is 4.74 Å². The predicted octanol–water partition coefficient (Wildman–Crippen LogP) is 6.19. The molecule has 3 heterocycles. The minimum absolute atomic E-state index is 0.0936. The average Bonchev–Trinajstić information content (AvgIpc) is 3.43. The van der Waals surface area contributed by atoms with E-state index in [1.807, 2.05) is 43.6 Å². The lowest BCUT2D eigenvalue weighted by Gasteiger charge is -2.11. The third-order valence-corrected chi connectivity index (χ3v) is 7.34. The number of hydrogen-bond donors (Lipinski definition) is 1. The van der Waals surface area contributed by atoms with Gasteiger partial charge in [-0.2, -0.15) is 0 Å². The topological polar surface area (TPSA) is 54.5 Å². The van der Waals surface area contributed by atoms with Crippen LogP contribution < -0.4 is 9.46 Å². The molecule has 0 saturated carbocycles. The summed E-state index contributed by atoms with van der Waals surface area (Å²) in [5, 5.41) is 0. The van der Waals surface area contributed by atoms with Crippen molar-refractivity contribution in [3.05, 3.63) is 84.1 Å². The molecule has 1 aliphatic heterocycles. The quantitative estimate of drug-likeness (QED) is 0.348. The average molecular weight is 460 g/mol. The van der Waals surface area contributed by atoms with Gasteiger partial charge in [-0.15, -0.1) is 11.3 Å². The number of thiophene rings is 1. The Balaban J connectivity index is 1.40. The molecule has 5 nitrogen and oxygen atoms in total. The van der Waals surface area contributed by atoms with Crippen LogP contribution in [0, 0.1) is 0 Å². The van der Waals surface area contributed by atoms with Crippen LogP contribution in [0.25, 0.3) is 20.9 Å². The van der Waals surface area contributed by atoms with Crippen molar-refractivity contribution in [1.82, 2.24) is 9.88 Å². The summed E-state index contributed by atoms with van der Waals surface area (Å²) in [6.45, 7) is 0.663. The van der Waals surface area contributed by atoms with Crippen LogP contribution in [0.5, 0.6) is 5.88 Å². The Kier molecular flexibility index (Phi) is 5.59. The van der Waals surface area contributed by atoms with Gasteiger partial charge in [0.15, 0.2) is 0 Å². The SMILES string of the molecule is COc1ncc(-c2ccc(-c3ccc4c(c3)CN(C)C4=O)s2)cc1NSc1ccccc1. The number of carbonyl (C=O) groups is 1. The second-order valence-corrected chi connectivity index (χ2v) is 9.46. The Morgan fingerprint density at radius 1 is 1.03 bits per heavy atom. The van der Waals surface area contributed by atoms with Gasteiger partial charge in [0, 0.05) is 45.6 Å². The zero-order valence-corrected chi connectivity index (χ0v) is 19.3. The van der Waals surface area contributed by atoms with Gasteiger partial charge in [0.1, 0.15) is 5.69 Å². The first-order valence-corrected chi connectivity index (χ1v) is 11.8. The van der Waals surface area contributed by atoms with Gasteiger partial charge in [-0.3, -0.25) is 4.79 Å². The summed E-state index contributed by atoms with van der Waals surface area (Å²) in [5.41, 5.74) is 4.87. The highest BCUT2D eigenvalue weighted by molar-refractivity contribution is 8.00. The van der Waals surface area contributed by atoms with Crippen molar-refractivity contribution < 1.29 is 9.53 Å². The van der Waals surface area contributed by atoms with Crippen LogP contribution in [0.1, 0.15) is 15.9 Å². The van der Waals surface area contributed by atoms with Crippen molar-refractivity contribution in [3.63, 3.8) is 0 Å². The fraction of sp³-hybridized carbons (Fsp3) is 0.120. The lowest BCUT2D eigenvalue weighted by molar-refractivity contribution is 0.0816. The maximum absolute atomic E-state index is 12.2. The van der Waals surface area contributed by atoms with Gasteiger partial charge < -0.3 is 14.4 Å². The zero-order valence-electron chi connectivity index (χ0n) is 17.7. The number of fused-ring (bicyclic) bond motifs is 1. The summed E-state index contributed by atoms with van der Waals surface area (Å²) in [6.07, 6.45) is 1.84. The molecule has 0 atom stereocenters. The Bertz CT molecular complexity index is 1290. The highest BCUT2D eigenvalue weighted by Crippen LogP contribution is 2.38. The van der Waals surface area contributed by atoms with E-state index in [0.29, 0.717) is 12.4 Å². The van der Waals surface area contributed by atoms with Crippen LogP contribution in [0.2, 0.25) is 0 Å². The number of methoxy groups -OCH3 is 1. The number of ether oxygens (including phenoxy) is 1. The van der Waals surface area contributed by atoms with Gasteiger partial charge in [0.2, 0.25) is 5.88 Å². The van der Waals surface area contributed by atoms with E-state index in [2.05, 4.69) is 46.1 Å². The van der Waals surface area contributed by atoms with Crippen LogP contribution in [0.3, 0.4) is 0 Å². The molecule has 0 fully saturated rings. The fourth-order valence-corrected chi connectivity index (χ4v) is 5.34. The maximum atomic E-state index is 12.2. The molecule has 1 N–H and O–H groups in total. The number of hydrogen-bond acceptors (Lipinski definition) is 6. The monoisotopic (exact) mass is 459 g/mol. The van der Waals surface area contributed by atoms with Crippen molar-refractivity contribution in [1.29, 1.82) is 0 Å². The standard InChI is InChI=1S/C25H21N3O2S2/c1-28-15-18-12-16(8-9-20(18)25(28)29)22-10-11-23(31-22)17-13-21(24(30-2)26-14-17)27-32-19-6-4-3-5-7-19/h3-14,27H,15H2,1-2H3. The molecular formula is C25H21N3O2S2. The molecule has 0 spiro atoms. The molecule has 0 radical (unpaired) electrons. The van der Waals surface area contributed by atoms with Crippen molar-refractivity contribution in [2.75, 3.05) is 18.9 Å². The van der Waals surface area contributed by atoms with E-state index in [1.165, 1.54) is 11.9 Å². The van der Waals surface area contributed by atoms with E-state index >= 15 is 0 Å². The summed E-state index contributed by atoms with van der Waals surface area (Å²) in [6, 6.07) is 22.5. The molecule has 1 amide bonds. The van der Waals surface area contributed by atoms with Crippen LogP contribution >= 0.6 is 23.3 Å². The number of aromatic nitrogens is 1. The number of nitrogens with zero attached hydrogens (tertiary/aromatic N) is 2. The lowest BCUT2D eigenvalue weighted by atomic mass is 10.1. The van der Waals surface area contributed by atoms with Crippen LogP contribution in [-0.4, -0.2) is 29.9 Å². The molecule has 1 aliphatic rings. The molecule has 7 heteroatoms.